The molecule has 2 aromatic rings. The number of pyridine rings is 1. The van der Waals surface area contributed by atoms with Gasteiger partial charge >= 0.3 is 0 Å². The van der Waals surface area contributed by atoms with Gasteiger partial charge in [0.1, 0.15) is 11.5 Å². The third-order valence-corrected chi connectivity index (χ3v) is 3.65. The lowest BCUT2D eigenvalue weighted by Gasteiger charge is -2.09. The van der Waals surface area contributed by atoms with E-state index in [1.54, 1.807) is 6.20 Å². The number of amides is 1. The van der Waals surface area contributed by atoms with Gasteiger partial charge < -0.3 is 9.88 Å². The van der Waals surface area contributed by atoms with Crippen LogP contribution in [0.15, 0.2) is 35.1 Å². The molecule has 0 aliphatic carbocycles. The standard InChI is InChI=1S/C14H16BrN3O/c1-3-6-18-7-4-5-12(18)14(19)17-13-8-10(2)11(15)9-16-13/h4-5,7-9H,3,6H2,1-2H3,(H,16,17,19). The molecule has 2 rings (SSSR count). The smallest absolute Gasteiger partial charge is 0.273 e. The highest BCUT2D eigenvalue weighted by atomic mass is 79.9. The summed E-state index contributed by atoms with van der Waals surface area (Å²) in [5.74, 6) is 0.433. The van der Waals surface area contributed by atoms with Gasteiger partial charge in [0.2, 0.25) is 0 Å². The van der Waals surface area contributed by atoms with E-state index in [9.17, 15) is 4.79 Å². The van der Waals surface area contributed by atoms with Crippen LogP contribution in [0.3, 0.4) is 0 Å². The molecule has 0 saturated heterocycles. The van der Waals surface area contributed by atoms with Crippen molar-refractivity contribution in [3.63, 3.8) is 0 Å². The Kier molecular flexibility index (Phi) is 4.37. The number of nitrogens with one attached hydrogen (secondary N) is 1. The van der Waals surface area contributed by atoms with Gasteiger partial charge in [-0.15, -0.1) is 0 Å². The Morgan fingerprint density at radius 3 is 3.00 bits per heavy atom. The summed E-state index contributed by atoms with van der Waals surface area (Å²) in [7, 11) is 0. The summed E-state index contributed by atoms with van der Waals surface area (Å²) in [6, 6.07) is 5.54. The Morgan fingerprint density at radius 1 is 1.53 bits per heavy atom. The van der Waals surface area contributed by atoms with Gasteiger partial charge in [-0.05, 0) is 53.0 Å². The largest absolute Gasteiger partial charge is 0.344 e. The Morgan fingerprint density at radius 2 is 2.32 bits per heavy atom. The number of nitrogens with zero attached hydrogens (tertiary/aromatic N) is 2. The highest BCUT2D eigenvalue weighted by Crippen LogP contribution is 2.17. The Balaban J connectivity index is 2.16. The lowest BCUT2D eigenvalue weighted by atomic mass is 10.3. The molecule has 0 saturated carbocycles. The van der Waals surface area contributed by atoms with Gasteiger partial charge in [0.15, 0.2) is 0 Å². The van der Waals surface area contributed by atoms with E-state index in [2.05, 4.69) is 33.2 Å². The Bertz CT molecular complexity index is 592. The van der Waals surface area contributed by atoms with Crippen LogP contribution in [0.25, 0.3) is 0 Å². The van der Waals surface area contributed by atoms with Gasteiger partial charge in [0.25, 0.3) is 5.91 Å². The molecule has 0 aliphatic heterocycles. The van der Waals surface area contributed by atoms with Crippen molar-refractivity contribution in [2.75, 3.05) is 5.32 Å². The molecule has 19 heavy (non-hydrogen) atoms. The lowest BCUT2D eigenvalue weighted by Crippen LogP contribution is -2.17. The van der Waals surface area contributed by atoms with Crippen LogP contribution >= 0.6 is 15.9 Å². The third-order valence-electron chi connectivity index (χ3n) is 2.82. The fourth-order valence-corrected chi connectivity index (χ4v) is 2.06. The molecule has 0 bridgehead atoms. The molecule has 0 aliphatic rings. The van der Waals surface area contributed by atoms with Gasteiger partial charge in [0, 0.05) is 23.4 Å². The maximum Gasteiger partial charge on any atom is 0.273 e. The van der Waals surface area contributed by atoms with Crippen LogP contribution in [0.2, 0.25) is 0 Å². The maximum atomic E-state index is 12.2. The van der Waals surface area contributed by atoms with Crippen LogP contribution in [-0.4, -0.2) is 15.5 Å². The summed E-state index contributed by atoms with van der Waals surface area (Å²) in [5.41, 5.74) is 1.69. The number of anilines is 1. The number of aryl methyl sites for hydroxylation is 2. The fourth-order valence-electron chi connectivity index (χ4n) is 1.84. The van der Waals surface area contributed by atoms with E-state index in [0.717, 1.165) is 23.0 Å². The molecule has 5 heteroatoms. The van der Waals surface area contributed by atoms with Crippen molar-refractivity contribution in [1.82, 2.24) is 9.55 Å². The summed E-state index contributed by atoms with van der Waals surface area (Å²) in [6.45, 7) is 4.88. The van der Waals surface area contributed by atoms with Gasteiger partial charge in [-0.25, -0.2) is 4.98 Å². The second kappa shape index (κ2) is 6.02. The second-order valence-electron chi connectivity index (χ2n) is 4.36. The number of carbonyl (C=O) groups excluding carboxylic acids is 1. The van der Waals surface area contributed by atoms with E-state index >= 15 is 0 Å². The zero-order chi connectivity index (χ0) is 13.8. The van der Waals surface area contributed by atoms with Crippen LogP contribution in [0, 0.1) is 6.92 Å². The molecule has 4 nitrogen and oxygen atoms in total. The summed E-state index contributed by atoms with van der Waals surface area (Å²) >= 11 is 3.39. The van der Waals surface area contributed by atoms with Crippen LogP contribution in [0.5, 0.6) is 0 Å². The van der Waals surface area contributed by atoms with E-state index < -0.39 is 0 Å². The number of hydrogen-bond acceptors (Lipinski definition) is 2. The molecular weight excluding hydrogens is 306 g/mol. The van der Waals surface area contributed by atoms with E-state index in [1.165, 1.54) is 0 Å². The Hall–Kier alpha value is -1.62. The minimum atomic E-state index is -0.132. The third kappa shape index (κ3) is 3.23. The molecule has 2 aromatic heterocycles. The van der Waals surface area contributed by atoms with Gasteiger partial charge in [-0.1, -0.05) is 6.92 Å². The number of rotatable bonds is 4. The minimum Gasteiger partial charge on any atom is -0.344 e. The zero-order valence-electron chi connectivity index (χ0n) is 11.0. The SMILES string of the molecule is CCCn1cccc1C(=O)Nc1cc(C)c(Br)cn1. The molecule has 0 spiro atoms. The van der Waals surface area contributed by atoms with E-state index in [-0.39, 0.29) is 5.91 Å². The highest BCUT2D eigenvalue weighted by Gasteiger charge is 2.11. The van der Waals surface area contributed by atoms with Crippen LogP contribution < -0.4 is 5.32 Å². The number of aromatic nitrogens is 2. The predicted octanol–water partition coefficient (Wildman–Crippen LogP) is 3.62. The molecule has 0 atom stereocenters. The van der Waals surface area contributed by atoms with Crippen molar-refractivity contribution in [2.24, 2.45) is 0 Å². The molecule has 1 N–H and O–H groups in total. The molecule has 0 radical (unpaired) electrons. The first-order valence-corrected chi connectivity index (χ1v) is 6.99. The summed E-state index contributed by atoms with van der Waals surface area (Å²) in [4.78, 5) is 16.4. The zero-order valence-corrected chi connectivity index (χ0v) is 12.6. The van der Waals surface area contributed by atoms with Crippen molar-refractivity contribution in [1.29, 1.82) is 0 Å². The van der Waals surface area contributed by atoms with E-state index in [4.69, 9.17) is 0 Å². The number of hydrogen-bond donors (Lipinski definition) is 1. The molecule has 0 aromatic carbocycles. The van der Waals surface area contributed by atoms with Crippen molar-refractivity contribution < 1.29 is 4.79 Å². The fraction of sp³-hybridized carbons (Fsp3) is 0.286. The average Bonchev–Trinajstić information content (AvgIpc) is 2.83. The Labute approximate surface area is 121 Å². The maximum absolute atomic E-state index is 12.2. The second-order valence-corrected chi connectivity index (χ2v) is 5.21. The normalized spacial score (nSPS) is 10.5. The van der Waals surface area contributed by atoms with Gasteiger partial charge in [-0.2, -0.15) is 0 Å². The van der Waals surface area contributed by atoms with Crippen LogP contribution in [0.4, 0.5) is 5.82 Å². The first kappa shape index (κ1) is 13.8. The molecule has 100 valence electrons. The van der Waals surface area contributed by atoms with E-state index in [1.807, 2.05) is 35.9 Å². The van der Waals surface area contributed by atoms with Crippen molar-refractivity contribution >= 4 is 27.7 Å². The monoisotopic (exact) mass is 321 g/mol. The molecule has 0 fully saturated rings. The average molecular weight is 322 g/mol. The quantitative estimate of drug-likeness (QED) is 0.934. The predicted molar refractivity (Wildman–Crippen MR) is 79.4 cm³/mol. The molecular formula is C14H16BrN3O. The van der Waals surface area contributed by atoms with Gasteiger partial charge in [0.05, 0.1) is 0 Å². The van der Waals surface area contributed by atoms with Gasteiger partial charge in [-0.3, -0.25) is 4.79 Å². The van der Waals surface area contributed by atoms with Crippen molar-refractivity contribution in [2.45, 2.75) is 26.8 Å². The van der Waals surface area contributed by atoms with Crippen molar-refractivity contribution in [3.05, 3.63) is 46.3 Å². The minimum absolute atomic E-state index is 0.132. The first-order chi connectivity index (χ1) is 9.11. The summed E-state index contributed by atoms with van der Waals surface area (Å²) < 4.78 is 2.88. The lowest BCUT2D eigenvalue weighted by molar-refractivity contribution is 0.101. The topological polar surface area (TPSA) is 46.9 Å². The molecule has 2 heterocycles. The van der Waals surface area contributed by atoms with E-state index in [0.29, 0.717) is 11.5 Å². The van der Waals surface area contributed by atoms with Crippen LogP contribution in [0.1, 0.15) is 29.4 Å². The number of halogens is 1. The summed E-state index contributed by atoms with van der Waals surface area (Å²) in [5, 5.41) is 2.82. The summed E-state index contributed by atoms with van der Waals surface area (Å²) in [6.07, 6.45) is 4.60. The number of carbonyl (C=O) groups is 1. The first-order valence-electron chi connectivity index (χ1n) is 6.20. The highest BCUT2D eigenvalue weighted by molar-refractivity contribution is 9.10. The van der Waals surface area contributed by atoms with Crippen LogP contribution in [-0.2, 0) is 6.54 Å². The van der Waals surface area contributed by atoms with Crippen molar-refractivity contribution in [3.8, 4) is 0 Å². The molecule has 1 amide bonds. The molecule has 0 unspecified atom stereocenters.